The van der Waals surface area contributed by atoms with Gasteiger partial charge in [-0.3, -0.25) is 0 Å². The molecule has 0 spiro atoms. The molecule has 7 unspecified atom stereocenters. The van der Waals surface area contributed by atoms with Crippen LogP contribution in [-0.2, 0) is 66.3 Å². The maximum Gasteiger partial charge on any atom is 0.187 e. The zero-order valence-corrected chi connectivity index (χ0v) is 27.8. The van der Waals surface area contributed by atoms with E-state index in [1.807, 2.05) is 30.3 Å². The molecule has 17 nitrogen and oxygen atoms in total. The second-order valence-corrected chi connectivity index (χ2v) is 12.0. The highest BCUT2D eigenvalue weighted by atomic mass is 16.8. The maximum atomic E-state index is 9.18. The molecule has 48 heavy (non-hydrogen) atoms. The molecule has 16 atom stereocenters. The van der Waals surface area contributed by atoms with Crippen molar-refractivity contribution in [3.8, 4) is 0 Å². The zero-order valence-electron chi connectivity index (χ0n) is 27.8. The first-order valence-electron chi connectivity index (χ1n) is 15.9. The fraction of sp³-hybridized carbons (Fsp3) is 0.806. The third-order valence-electron chi connectivity index (χ3n) is 9.45. The van der Waals surface area contributed by atoms with Gasteiger partial charge in [0.1, 0.15) is 67.1 Å². The number of hydrogen-bond acceptors (Lipinski definition) is 15. The molecule has 1 aromatic rings. The van der Waals surface area contributed by atoms with Crippen molar-refractivity contribution >= 4 is 0 Å². The molecular formula is C31H45N3O14. The van der Waals surface area contributed by atoms with Crippen LogP contribution in [0, 0.1) is 0 Å². The first-order chi connectivity index (χ1) is 23.5. The fourth-order valence-electron chi connectivity index (χ4n) is 7.20. The van der Waals surface area contributed by atoms with Gasteiger partial charge in [0.25, 0.3) is 0 Å². The monoisotopic (exact) mass is 683 g/mol. The Labute approximate surface area is 278 Å². The van der Waals surface area contributed by atoms with Gasteiger partial charge in [0.15, 0.2) is 25.2 Å². The van der Waals surface area contributed by atoms with Crippen molar-refractivity contribution in [3.05, 3.63) is 46.3 Å². The summed E-state index contributed by atoms with van der Waals surface area (Å²) in [5.74, 6) is 0. The van der Waals surface area contributed by atoms with Crippen LogP contribution in [0.25, 0.3) is 10.4 Å². The molecule has 17 heteroatoms. The van der Waals surface area contributed by atoms with E-state index in [9.17, 15) is 5.53 Å². The van der Waals surface area contributed by atoms with E-state index in [4.69, 9.17) is 66.3 Å². The maximum absolute atomic E-state index is 9.18. The van der Waals surface area contributed by atoms with Gasteiger partial charge < -0.3 is 66.3 Å². The van der Waals surface area contributed by atoms with Crippen LogP contribution in [0.4, 0.5) is 0 Å². The second kappa shape index (κ2) is 16.3. The van der Waals surface area contributed by atoms with Crippen molar-refractivity contribution < 1.29 is 66.3 Å². The number of fused-ring (bicyclic) bond motifs is 3. The van der Waals surface area contributed by atoms with E-state index in [0.717, 1.165) is 5.56 Å². The molecule has 5 heterocycles. The van der Waals surface area contributed by atoms with Crippen molar-refractivity contribution in [2.75, 3.05) is 62.5 Å². The molecule has 0 aromatic heterocycles. The van der Waals surface area contributed by atoms with Crippen LogP contribution >= 0.6 is 0 Å². The summed E-state index contributed by atoms with van der Waals surface area (Å²) >= 11 is 0. The number of nitrogens with zero attached hydrogens (tertiary/aromatic N) is 3. The van der Waals surface area contributed by atoms with Gasteiger partial charge in [0.2, 0.25) is 0 Å². The predicted molar refractivity (Wildman–Crippen MR) is 160 cm³/mol. The predicted octanol–water partition coefficient (Wildman–Crippen LogP) is 1.48. The van der Waals surface area contributed by atoms with Crippen LogP contribution in [0.15, 0.2) is 35.4 Å². The van der Waals surface area contributed by atoms with Gasteiger partial charge in [-0.2, -0.15) is 0 Å². The van der Waals surface area contributed by atoms with E-state index in [1.54, 1.807) is 28.4 Å². The second-order valence-electron chi connectivity index (χ2n) is 12.0. The van der Waals surface area contributed by atoms with Crippen molar-refractivity contribution in [2.24, 2.45) is 5.11 Å². The molecular weight excluding hydrogens is 638 g/mol. The lowest BCUT2D eigenvalue weighted by Crippen LogP contribution is -2.67. The van der Waals surface area contributed by atoms with Gasteiger partial charge >= 0.3 is 0 Å². The number of methoxy groups -OCH3 is 6. The van der Waals surface area contributed by atoms with Gasteiger partial charge in [-0.1, -0.05) is 35.4 Å². The third-order valence-corrected chi connectivity index (χ3v) is 9.45. The van der Waals surface area contributed by atoms with Crippen molar-refractivity contribution in [1.29, 1.82) is 0 Å². The van der Waals surface area contributed by atoms with Gasteiger partial charge in [-0.15, -0.1) is 0 Å². The fourth-order valence-corrected chi connectivity index (χ4v) is 7.20. The summed E-state index contributed by atoms with van der Waals surface area (Å²) in [5, 5.41) is 3.86. The molecule has 5 fully saturated rings. The van der Waals surface area contributed by atoms with E-state index in [0.29, 0.717) is 0 Å². The summed E-state index contributed by atoms with van der Waals surface area (Å²) in [6.07, 6.45) is -10.5. The van der Waals surface area contributed by atoms with Crippen molar-refractivity contribution in [1.82, 2.24) is 0 Å². The lowest BCUT2D eigenvalue weighted by molar-refractivity contribution is -0.394. The van der Waals surface area contributed by atoms with Crippen molar-refractivity contribution in [3.63, 3.8) is 0 Å². The summed E-state index contributed by atoms with van der Waals surface area (Å²) in [7, 11) is 9.28. The normalized spacial score (nSPS) is 44.1. The molecule has 0 N–H and O–H groups in total. The summed E-state index contributed by atoms with van der Waals surface area (Å²) < 4.78 is 85.4. The largest absolute Gasteiger partial charge is 0.382 e. The van der Waals surface area contributed by atoms with Gasteiger partial charge in [-0.25, -0.2) is 0 Å². The quantitative estimate of drug-likeness (QED) is 0.166. The average Bonchev–Trinajstić information content (AvgIpc) is 3.56. The van der Waals surface area contributed by atoms with Crippen LogP contribution in [0.5, 0.6) is 0 Å². The first-order valence-corrected chi connectivity index (χ1v) is 15.9. The number of hydrogen-bond donors (Lipinski definition) is 0. The molecule has 2 bridgehead atoms. The Kier molecular flexibility index (Phi) is 12.2. The van der Waals surface area contributed by atoms with E-state index in [-0.39, 0.29) is 19.8 Å². The van der Waals surface area contributed by atoms with Gasteiger partial charge in [-0.05, 0) is 5.53 Å². The summed E-state index contributed by atoms with van der Waals surface area (Å²) in [4.78, 5) is 2.95. The molecule has 0 radical (unpaired) electrons. The molecule has 0 saturated carbocycles. The van der Waals surface area contributed by atoms with E-state index < -0.39 is 98.3 Å². The Morgan fingerprint density at radius 3 is 2.00 bits per heavy atom. The molecule has 0 aliphatic carbocycles. The number of ether oxygens (including phenoxy) is 14. The topological polar surface area (TPSA) is 178 Å². The van der Waals surface area contributed by atoms with E-state index >= 15 is 0 Å². The lowest BCUT2D eigenvalue weighted by atomic mass is 9.95. The number of benzene rings is 1. The zero-order chi connectivity index (χ0) is 33.8. The minimum atomic E-state index is -0.994. The van der Waals surface area contributed by atoms with Crippen LogP contribution in [-0.4, -0.2) is 155 Å². The molecule has 5 aliphatic heterocycles. The summed E-state index contributed by atoms with van der Waals surface area (Å²) in [5.41, 5.74) is 10.1. The van der Waals surface area contributed by atoms with Gasteiger partial charge in [0, 0.05) is 53.1 Å². The Balaban J connectivity index is 1.21. The highest BCUT2D eigenvalue weighted by molar-refractivity contribution is 5.17. The van der Waals surface area contributed by atoms with E-state index in [2.05, 4.69) is 10.0 Å². The summed E-state index contributed by atoms with van der Waals surface area (Å²) in [6.45, 7) is 0.568. The van der Waals surface area contributed by atoms with Crippen molar-refractivity contribution in [2.45, 2.75) is 98.3 Å². The number of azide groups is 1. The molecule has 5 saturated heterocycles. The van der Waals surface area contributed by atoms with Crippen LogP contribution < -0.4 is 0 Å². The van der Waals surface area contributed by atoms with Gasteiger partial charge in [0.05, 0.1) is 25.9 Å². The lowest BCUT2D eigenvalue weighted by Gasteiger charge is -2.51. The highest BCUT2D eigenvalue weighted by Gasteiger charge is 2.57. The SMILES string of the molecule is COC[C@@H]1O[C@@H](O[C@H]2C3CO[C@H](O3)C(N=[N+]=[N-])[C@@H]2OC)C(OC)C(OC)[C@@H]1O[C@H]1O[C@H]2COC(c3ccccc3)O[C@H]2C(OC)C1OC. The average molecular weight is 684 g/mol. The minimum absolute atomic E-state index is 0.112. The molecule has 5 aliphatic rings. The minimum Gasteiger partial charge on any atom is -0.382 e. The summed E-state index contributed by atoms with van der Waals surface area (Å²) in [6, 6.07) is 8.89. The Bertz CT molecular complexity index is 1210. The third kappa shape index (κ3) is 6.96. The number of rotatable bonds is 13. The van der Waals surface area contributed by atoms with Crippen LogP contribution in [0.2, 0.25) is 0 Å². The molecule has 6 rings (SSSR count). The highest BCUT2D eigenvalue weighted by Crippen LogP contribution is 2.40. The standard InChI is InChI=1S/C31H45N3O14/c1-35-12-16-21(48-31-27(40-6)25(38-4)22-18(45-31)13-41-28(46-22)15-10-8-7-9-11-15)24(37-3)26(39-5)30(44-16)47-20-17-14-42-29(43-17)19(33-34-32)23(20)36-2/h7-11,16-31H,12-14H2,1-6H3/t16-,17?,18-,19?,20-,21+,22+,23-,24?,25?,26?,27?,28?,29+,30-,31+/m0/s1. The Hall–Kier alpha value is -2.03. The molecule has 0 amide bonds. The Morgan fingerprint density at radius 1 is 0.688 bits per heavy atom. The Morgan fingerprint density at radius 2 is 1.33 bits per heavy atom. The first kappa shape index (κ1) is 35.8. The van der Waals surface area contributed by atoms with Crippen LogP contribution in [0.3, 0.4) is 0 Å². The van der Waals surface area contributed by atoms with E-state index in [1.165, 1.54) is 14.2 Å². The van der Waals surface area contributed by atoms with Crippen LogP contribution in [0.1, 0.15) is 11.9 Å². The molecule has 268 valence electrons. The molecule has 1 aromatic carbocycles. The smallest absolute Gasteiger partial charge is 0.187 e.